The third-order valence-electron chi connectivity index (χ3n) is 10.1. The molecule has 0 aliphatic heterocycles. The van der Waals surface area contributed by atoms with Crippen LogP contribution < -0.4 is 0 Å². The molecule has 0 atom stereocenters. The molecule has 0 N–H and O–H groups in total. The van der Waals surface area contributed by atoms with Crippen molar-refractivity contribution in [3.63, 3.8) is 0 Å². The van der Waals surface area contributed by atoms with Crippen molar-refractivity contribution in [1.29, 1.82) is 0 Å². The minimum Gasteiger partial charge on any atom is -0.436 e. The Hall–Kier alpha value is -7.43. The molecule has 0 fully saturated rings. The highest BCUT2D eigenvalue weighted by Crippen LogP contribution is 2.43. The normalized spacial score (nSPS) is 11.3. The molecule has 0 radical (unpaired) electrons. The molecule has 0 aliphatic carbocycles. The third kappa shape index (κ3) is 6.16. The van der Waals surface area contributed by atoms with Crippen LogP contribution >= 0.6 is 0 Å². The van der Waals surface area contributed by atoms with Gasteiger partial charge in [0.05, 0.1) is 11.4 Å². The van der Waals surface area contributed by atoms with Gasteiger partial charge in [-0.05, 0) is 80.6 Å². The van der Waals surface area contributed by atoms with Gasteiger partial charge < -0.3 is 4.42 Å². The van der Waals surface area contributed by atoms with E-state index in [9.17, 15) is 0 Å². The average Bonchev–Trinajstić information content (AvgIpc) is 3.71. The van der Waals surface area contributed by atoms with Gasteiger partial charge >= 0.3 is 0 Å². The molecular formula is C51H33N3O. The summed E-state index contributed by atoms with van der Waals surface area (Å²) in [7, 11) is 0. The van der Waals surface area contributed by atoms with Gasteiger partial charge in [0.1, 0.15) is 5.52 Å². The lowest BCUT2D eigenvalue weighted by Crippen LogP contribution is -1.98. The van der Waals surface area contributed by atoms with E-state index in [4.69, 9.17) is 19.4 Å². The molecule has 8 aromatic carbocycles. The number of hydrogen-bond acceptors (Lipinski definition) is 4. The van der Waals surface area contributed by atoms with Crippen LogP contribution in [0.3, 0.4) is 0 Å². The molecule has 0 saturated heterocycles. The second-order valence-corrected chi connectivity index (χ2v) is 13.6. The Balaban J connectivity index is 1.13. The number of nitrogens with zero attached hydrogens (tertiary/aromatic N) is 3. The molecule has 10 aromatic rings. The third-order valence-corrected chi connectivity index (χ3v) is 10.1. The van der Waals surface area contributed by atoms with Crippen LogP contribution in [0.5, 0.6) is 0 Å². The topological polar surface area (TPSA) is 51.8 Å². The van der Waals surface area contributed by atoms with E-state index < -0.39 is 0 Å². The lowest BCUT2D eigenvalue weighted by molar-refractivity contribution is 0.620. The van der Waals surface area contributed by atoms with Crippen LogP contribution in [-0.2, 0) is 0 Å². The molecule has 10 rings (SSSR count). The maximum Gasteiger partial charge on any atom is 0.227 e. The lowest BCUT2D eigenvalue weighted by atomic mass is 9.87. The molecule has 0 spiro atoms. The fourth-order valence-corrected chi connectivity index (χ4v) is 7.46. The van der Waals surface area contributed by atoms with Gasteiger partial charge in [-0.15, -0.1) is 0 Å². The van der Waals surface area contributed by atoms with Crippen molar-refractivity contribution in [2.24, 2.45) is 0 Å². The Morgan fingerprint density at radius 2 is 0.927 bits per heavy atom. The van der Waals surface area contributed by atoms with Gasteiger partial charge in [0.25, 0.3) is 0 Å². The van der Waals surface area contributed by atoms with Gasteiger partial charge in [0, 0.05) is 22.3 Å². The molecule has 4 heteroatoms. The molecular weight excluding hydrogens is 671 g/mol. The van der Waals surface area contributed by atoms with Crippen molar-refractivity contribution in [3.05, 3.63) is 200 Å². The average molecular weight is 704 g/mol. The first-order chi connectivity index (χ1) is 27.2. The van der Waals surface area contributed by atoms with E-state index in [-0.39, 0.29) is 0 Å². The highest BCUT2D eigenvalue weighted by atomic mass is 16.3. The summed E-state index contributed by atoms with van der Waals surface area (Å²) in [5, 5.41) is 2.35. The summed E-state index contributed by atoms with van der Waals surface area (Å²) in [6.07, 6.45) is 0. The van der Waals surface area contributed by atoms with E-state index in [0.29, 0.717) is 11.7 Å². The van der Waals surface area contributed by atoms with Gasteiger partial charge in [0.15, 0.2) is 11.4 Å². The Labute approximate surface area is 319 Å². The van der Waals surface area contributed by atoms with Crippen LogP contribution in [0.15, 0.2) is 205 Å². The minimum absolute atomic E-state index is 0.620. The van der Waals surface area contributed by atoms with Crippen LogP contribution in [0, 0.1) is 0 Å². The summed E-state index contributed by atoms with van der Waals surface area (Å²) in [4.78, 5) is 15.2. The van der Waals surface area contributed by atoms with Gasteiger partial charge in [0.2, 0.25) is 5.89 Å². The first-order valence-corrected chi connectivity index (χ1v) is 18.4. The van der Waals surface area contributed by atoms with Gasteiger partial charge in [-0.25, -0.2) is 15.0 Å². The number of rotatable bonds is 7. The summed E-state index contributed by atoms with van der Waals surface area (Å²) in [6, 6.07) is 69.4. The highest BCUT2D eigenvalue weighted by Gasteiger charge is 2.19. The second-order valence-electron chi connectivity index (χ2n) is 13.6. The fraction of sp³-hybridized carbons (Fsp3) is 0. The molecule has 258 valence electrons. The van der Waals surface area contributed by atoms with E-state index in [1.165, 1.54) is 10.8 Å². The van der Waals surface area contributed by atoms with E-state index in [2.05, 4.69) is 127 Å². The van der Waals surface area contributed by atoms with Crippen molar-refractivity contribution in [1.82, 2.24) is 15.0 Å². The van der Waals surface area contributed by atoms with Crippen molar-refractivity contribution in [3.8, 4) is 78.7 Å². The van der Waals surface area contributed by atoms with E-state index in [1.54, 1.807) is 0 Å². The van der Waals surface area contributed by atoms with Crippen LogP contribution in [0.25, 0.3) is 101 Å². The molecule has 0 unspecified atom stereocenters. The van der Waals surface area contributed by atoms with E-state index in [1.807, 2.05) is 72.8 Å². The van der Waals surface area contributed by atoms with Crippen LogP contribution in [0.2, 0.25) is 0 Å². The van der Waals surface area contributed by atoms with E-state index >= 15 is 0 Å². The van der Waals surface area contributed by atoms with Crippen LogP contribution in [-0.4, -0.2) is 15.0 Å². The molecule has 2 heterocycles. The first kappa shape index (κ1) is 32.2. The van der Waals surface area contributed by atoms with Crippen molar-refractivity contribution in [2.45, 2.75) is 0 Å². The quantitative estimate of drug-likeness (QED) is 0.166. The molecule has 2 aromatic heterocycles. The smallest absolute Gasteiger partial charge is 0.227 e. The van der Waals surface area contributed by atoms with Crippen molar-refractivity contribution >= 4 is 21.9 Å². The number of benzene rings is 8. The van der Waals surface area contributed by atoms with Crippen LogP contribution in [0.4, 0.5) is 0 Å². The Bertz CT molecular complexity index is 2910. The Kier molecular flexibility index (Phi) is 8.12. The zero-order valence-corrected chi connectivity index (χ0v) is 29.8. The molecule has 55 heavy (non-hydrogen) atoms. The van der Waals surface area contributed by atoms with Gasteiger partial charge in [-0.3, -0.25) is 0 Å². The molecule has 4 nitrogen and oxygen atoms in total. The highest BCUT2D eigenvalue weighted by molar-refractivity contribution is 6.06. The fourth-order valence-electron chi connectivity index (χ4n) is 7.46. The summed E-state index contributed by atoms with van der Waals surface area (Å²) in [5.41, 5.74) is 14.0. The first-order valence-electron chi connectivity index (χ1n) is 18.4. The van der Waals surface area contributed by atoms with Crippen molar-refractivity contribution < 1.29 is 4.42 Å². The summed E-state index contributed by atoms with van der Waals surface area (Å²) >= 11 is 0. The second kappa shape index (κ2) is 13.8. The SMILES string of the molecule is c1ccc(-c2cc(-c3ccccc3)nc(-c3ccccc3-c3ccc4ccccc4c3-c3cccc(-c4ccc5nc(-c6ccccc6)oc5c4)c3)n2)cc1. The van der Waals surface area contributed by atoms with Crippen LogP contribution in [0.1, 0.15) is 0 Å². The maximum atomic E-state index is 6.27. The number of hydrogen-bond donors (Lipinski definition) is 0. The predicted octanol–water partition coefficient (Wildman–Crippen LogP) is 13.4. The zero-order chi connectivity index (χ0) is 36.6. The van der Waals surface area contributed by atoms with E-state index in [0.717, 1.165) is 78.1 Å². The van der Waals surface area contributed by atoms with Gasteiger partial charge in [-0.1, -0.05) is 164 Å². The molecule has 0 saturated carbocycles. The molecule has 0 aliphatic rings. The molecule has 0 amide bonds. The zero-order valence-electron chi connectivity index (χ0n) is 29.8. The summed E-state index contributed by atoms with van der Waals surface area (Å²) in [6.45, 7) is 0. The Morgan fingerprint density at radius 3 is 1.65 bits per heavy atom. The summed E-state index contributed by atoms with van der Waals surface area (Å²) < 4.78 is 6.27. The Morgan fingerprint density at radius 1 is 0.345 bits per heavy atom. The predicted molar refractivity (Wildman–Crippen MR) is 225 cm³/mol. The number of fused-ring (bicyclic) bond motifs is 2. The monoisotopic (exact) mass is 703 g/mol. The maximum absolute atomic E-state index is 6.27. The summed E-state index contributed by atoms with van der Waals surface area (Å²) in [5.74, 6) is 1.30. The minimum atomic E-state index is 0.620. The standard InChI is InChI=1S/C51H33N3O/c1-4-16-35(17-5-1)46-33-47(36-18-6-2-7-19-36)53-50(52-46)44-26-13-12-25-42(44)43-29-27-34-15-10-11-24-41(34)49(43)40-23-14-22-38(31-40)39-28-30-45-48(32-39)55-51(54-45)37-20-8-3-9-21-37/h1-33H. The largest absolute Gasteiger partial charge is 0.436 e. The molecule has 0 bridgehead atoms. The number of aromatic nitrogens is 3. The lowest BCUT2D eigenvalue weighted by Gasteiger charge is -2.18. The van der Waals surface area contributed by atoms with Gasteiger partial charge in [-0.2, -0.15) is 0 Å². The van der Waals surface area contributed by atoms with Crippen molar-refractivity contribution in [2.75, 3.05) is 0 Å². The number of oxazole rings is 1.